The van der Waals surface area contributed by atoms with Crippen LogP contribution in [0.1, 0.15) is 35.7 Å². The number of hydrogen-bond donors (Lipinski definition) is 2. The predicted octanol–water partition coefficient (Wildman–Crippen LogP) is 1.60. The van der Waals surface area contributed by atoms with Gasteiger partial charge in [-0.25, -0.2) is 4.79 Å². The fourth-order valence-electron chi connectivity index (χ4n) is 1.70. The zero-order chi connectivity index (χ0) is 12.5. The van der Waals surface area contributed by atoms with Crippen molar-refractivity contribution in [2.75, 3.05) is 0 Å². The molecule has 0 radical (unpaired) electrons. The zero-order valence-corrected chi connectivity index (χ0v) is 9.69. The summed E-state index contributed by atoms with van der Waals surface area (Å²) in [6.45, 7) is 2.04. The second-order valence-corrected chi connectivity index (χ2v) is 4.39. The number of carboxylic acid groups (broad SMARTS) is 1. The van der Waals surface area contributed by atoms with E-state index in [-0.39, 0.29) is 5.91 Å². The van der Waals surface area contributed by atoms with Crippen molar-refractivity contribution in [2.45, 2.75) is 31.7 Å². The van der Waals surface area contributed by atoms with E-state index in [0.29, 0.717) is 18.4 Å². The summed E-state index contributed by atoms with van der Waals surface area (Å²) in [6, 6.07) is 7.22. The maximum absolute atomic E-state index is 11.8. The molecule has 0 aromatic heterocycles. The van der Waals surface area contributed by atoms with Crippen LogP contribution < -0.4 is 5.32 Å². The van der Waals surface area contributed by atoms with Gasteiger partial charge in [0.2, 0.25) is 0 Å². The van der Waals surface area contributed by atoms with Crippen LogP contribution in [0.3, 0.4) is 0 Å². The van der Waals surface area contributed by atoms with Gasteiger partial charge in [0, 0.05) is 5.56 Å². The van der Waals surface area contributed by atoms with E-state index in [2.05, 4.69) is 5.32 Å². The number of nitrogens with one attached hydrogen (secondary N) is 1. The second-order valence-electron chi connectivity index (χ2n) is 4.39. The molecule has 1 amide bonds. The quantitative estimate of drug-likeness (QED) is 0.830. The molecule has 0 spiro atoms. The summed E-state index contributed by atoms with van der Waals surface area (Å²) >= 11 is 0. The van der Waals surface area contributed by atoms with E-state index >= 15 is 0 Å². The number of carbonyl (C=O) groups excluding carboxylic acids is 1. The lowest BCUT2D eigenvalue weighted by molar-refractivity contribution is -0.140. The molecular formula is C13H15NO3. The molecule has 0 saturated heterocycles. The Hall–Kier alpha value is -1.84. The Kier molecular flexibility index (Phi) is 2.88. The minimum atomic E-state index is -1.01. The number of amides is 1. The molecule has 0 atom stereocenters. The van der Waals surface area contributed by atoms with Crippen LogP contribution in [0.2, 0.25) is 0 Å². The molecule has 1 aliphatic rings. The lowest BCUT2D eigenvalue weighted by atomic mass is 10.1. The fourth-order valence-corrected chi connectivity index (χ4v) is 1.70. The zero-order valence-electron chi connectivity index (χ0n) is 9.69. The molecule has 0 unspecified atom stereocenters. The molecule has 4 nitrogen and oxygen atoms in total. The van der Waals surface area contributed by atoms with Crippen molar-refractivity contribution in [3.8, 4) is 0 Å². The van der Waals surface area contributed by atoms with Crippen LogP contribution in [0.5, 0.6) is 0 Å². The molecule has 1 fully saturated rings. The molecule has 1 aromatic carbocycles. The van der Waals surface area contributed by atoms with Crippen molar-refractivity contribution < 1.29 is 14.7 Å². The third-order valence-corrected chi connectivity index (χ3v) is 3.14. The summed E-state index contributed by atoms with van der Waals surface area (Å²) in [5.41, 5.74) is 0.649. The van der Waals surface area contributed by atoms with Crippen LogP contribution in [0.15, 0.2) is 24.3 Å². The van der Waals surface area contributed by atoms with Gasteiger partial charge in [-0.15, -0.1) is 0 Å². The molecule has 0 bridgehead atoms. The first-order valence-corrected chi connectivity index (χ1v) is 5.72. The maximum Gasteiger partial charge on any atom is 0.329 e. The van der Waals surface area contributed by atoms with E-state index in [9.17, 15) is 9.59 Å². The number of aliphatic carboxylic acids is 1. The number of carboxylic acids is 1. The van der Waals surface area contributed by atoms with Crippen LogP contribution >= 0.6 is 0 Å². The smallest absolute Gasteiger partial charge is 0.329 e. The predicted molar refractivity (Wildman–Crippen MR) is 62.9 cm³/mol. The summed E-state index contributed by atoms with van der Waals surface area (Å²) in [4.78, 5) is 22.8. The SMILES string of the molecule is CCc1ccc(C(=O)NC2(C(=O)O)CC2)cc1. The van der Waals surface area contributed by atoms with Gasteiger partial charge < -0.3 is 10.4 Å². The van der Waals surface area contributed by atoms with Crippen LogP contribution in [-0.4, -0.2) is 22.5 Å². The highest BCUT2D eigenvalue weighted by atomic mass is 16.4. The largest absolute Gasteiger partial charge is 0.480 e. The highest BCUT2D eigenvalue weighted by Gasteiger charge is 2.51. The van der Waals surface area contributed by atoms with Gasteiger partial charge >= 0.3 is 5.97 Å². The van der Waals surface area contributed by atoms with Crippen molar-refractivity contribution in [2.24, 2.45) is 0 Å². The van der Waals surface area contributed by atoms with Crippen molar-refractivity contribution >= 4 is 11.9 Å². The number of carbonyl (C=O) groups is 2. The van der Waals surface area contributed by atoms with Crippen LogP contribution in [0, 0.1) is 0 Å². The average Bonchev–Trinajstić information content (AvgIpc) is 3.10. The first-order valence-electron chi connectivity index (χ1n) is 5.72. The van der Waals surface area contributed by atoms with Gasteiger partial charge in [0.15, 0.2) is 0 Å². The Morgan fingerprint density at radius 1 is 1.29 bits per heavy atom. The molecule has 0 heterocycles. The molecule has 1 saturated carbocycles. The van der Waals surface area contributed by atoms with Crippen molar-refractivity contribution in [3.05, 3.63) is 35.4 Å². The van der Waals surface area contributed by atoms with Crippen molar-refractivity contribution in [3.63, 3.8) is 0 Å². The Labute approximate surface area is 99.6 Å². The van der Waals surface area contributed by atoms with E-state index < -0.39 is 11.5 Å². The van der Waals surface area contributed by atoms with E-state index in [0.717, 1.165) is 12.0 Å². The molecule has 4 heteroatoms. The van der Waals surface area contributed by atoms with Crippen LogP contribution in [-0.2, 0) is 11.2 Å². The monoisotopic (exact) mass is 233 g/mol. The summed E-state index contributed by atoms with van der Waals surface area (Å²) in [5.74, 6) is -1.26. The Morgan fingerprint density at radius 3 is 2.29 bits per heavy atom. The Balaban J connectivity index is 2.07. The summed E-state index contributed by atoms with van der Waals surface area (Å²) in [5, 5.41) is 11.5. The van der Waals surface area contributed by atoms with Crippen LogP contribution in [0.4, 0.5) is 0 Å². The highest BCUT2D eigenvalue weighted by molar-refractivity contribution is 5.98. The van der Waals surface area contributed by atoms with Gasteiger partial charge in [-0.05, 0) is 37.0 Å². The van der Waals surface area contributed by atoms with E-state index in [1.165, 1.54) is 0 Å². The number of rotatable bonds is 4. The summed E-state index contributed by atoms with van der Waals surface area (Å²) in [6.07, 6.45) is 1.95. The van der Waals surface area contributed by atoms with Crippen molar-refractivity contribution in [1.82, 2.24) is 5.32 Å². The third kappa shape index (κ3) is 2.30. The molecule has 0 aliphatic heterocycles. The molecule has 2 rings (SSSR count). The first-order chi connectivity index (χ1) is 8.07. The van der Waals surface area contributed by atoms with E-state index in [1.807, 2.05) is 19.1 Å². The molecule has 1 aromatic rings. The number of benzene rings is 1. The second kappa shape index (κ2) is 4.20. The molecule has 2 N–H and O–H groups in total. The lowest BCUT2D eigenvalue weighted by Crippen LogP contribution is -2.43. The summed E-state index contributed by atoms with van der Waals surface area (Å²) in [7, 11) is 0. The van der Waals surface area contributed by atoms with E-state index in [1.54, 1.807) is 12.1 Å². The van der Waals surface area contributed by atoms with Gasteiger partial charge in [-0.3, -0.25) is 4.79 Å². The topological polar surface area (TPSA) is 66.4 Å². The van der Waals surface area contributed by atoms with Crippen LogP contribution in [0.25, 0.3) is 0 Å². The first kappa shape index (κ1) is 11.6. The minimum Gasteiger partial charge on any atom is -0.480 e. The Bertz CT molecular complexity index is 446. The van der Waals surface area contributed by atoms with Gasteiger partial charge in [0.05, 0.1) is 0 Å². The molecule has 90 valence electrons. The molecule has 17 heavy (non-hydrogen) atoms. The summed E-state index contributed by atoms with van der Waals surface area (Å²) < 4.78 is 0. The Morgan fingerprint density at radius 2 is 1.88 bits per heavy atom. The highest BCUT2D eigenvalue weighted by Crippen LogP contribution is 2.35. The van der Waals surface area contributed by atoms with E-state index in [4.69, 9.17) is 5.11 Å². The number of hydrogen-bond acceptors (Lipinski definition) is 2. The lowest BCUT2D eigenvalue weighted by Gasteiger charge is -2.12. The van der Waals surface area contributed by atoms with Gasteiger partial charge in [0.25, 0.3) is 5.91 Å². The van der Waals surface area contributed by atoms with Gasteiger partial charge in [-0.1, -0.05) is 19.1 Å². The normalized spacial score (nSPS) is 16.3. The average molecular weight is 233 g/mol. The fraction of sp³-hybridized carbons (Fsp3) is 0.385. The van der Waals surface area contributed by atoms with Gasteiger partial charge in [-0.2, -0.15) is 0 Å². The third-order valence-electron chi connectivity index (χ3n) is 3.14. The molecular weight excluding hydrogens is 218 g/mol. The van der Waals surface area contributed by atoms with Crippen molar-refractivity contribution in [1.29, 1.82) is 0 Å². The minimum absolute atomic E-state index is 0.312. The standard InChI is InChI=1S/C13H15NO3/c1-2-9-3-5-10(6-4-9)11(15)14-13(7-8-13)12(16)17/h3-6H,2,7-8H2,1H3,(H,14,15)(H,16,17). The molecule has 1 aliphatic carbocycles. The number of aryl methyl sites for hydroxylation is 1. The van der Waals surface area contributed by atoms with Gasteiger partial charge in [0.1, 0.15) is 5.54 Å². The maximum atomic E-state index is 11.8.